The number of aromatic nitrogens is 2. The Morgan fingerprint density at radius 1 is 1.44 bits per heavy atom. The second kappa shape index (κ2) is 5.56. The van der Waals surface area contributed by atoms with E-state index in [-0.39, 0.29) is 16.9 Å². The summed E-state index contributed by atoms with van der Waals surface area (Å²) in [6.07, 6.45) is 2.31. The molecule has 0 spiro atoms. The monoisotopic (exact) mass is 256 g/mol. The lowest BCUT2D eigenvalue weighted by Crippen LogP contribution is -2.42. The number of hydrogen-bond donors (Lipinski definition) is 2. The molecule has 0 saturated carbocycles. The zero-order chi connectivity index (χ0) is 13.0. The molecule has 1 unspecified atom stereocenters. The molecule has 0 amide bonds. The zero-order valence-electron chi connectivity index (χ0n) is 10.4. The summed E-state index contributed by atoms with van der Waals surface area (Å²) >= 11 is 0. The molecule has 18 heavy (non-hydrogen) atoms. The van der Waals surface area contributed by atoms with Crippen LogP contribution in [0.15, 0.2) is 12.4 Å². The topological polar surface area (TPSA) is 49.8 Å². The molecule has 2 N–H and O–H groups in total. The molecular formula is C12H18F2N4. The van der Waals surface area contributed by atoms with Crippen molar-refractivity contribution in [3.63, 3.8) is 0 Å². The number of alkyl halides is 2. The second-order valence-electron chi connectivity index (χ2n) is 5.04. The van der Waals surface area contributed by atoms with E-state index in [1.807, 2.05) is 0 Å². The smallest absolute Gasteiger partial charge is 0.283 e. The van der Waals surface area contributed by atoms with Crippen molar-refractivity contribution in [2.24, 2.45) is 5.41 Å². The van der Waals surface area contributed by atoms with E-state index in [0.717, 1.165) is 25.9 Å². The van der Waals surface area contributed by atoms with Crippen LogP contribution in [0.1, 0.15) is 31.9 Å². The molecule has 1 aliphatic heterocycles. The lowest BCUT2D eigenvalue weighted by atomic mass is 9.83. The first kappa shape index (κ1) is 13.1. The lowest BCUT2D eigenvalue weighted by molar-refractivity contribution is 0.146. The van der Waals surface area contributed by atoms with E-state index in [1.165, 1.54) is 12.4 Å². The molecule has 0 bridgehead atoms. The average Bonchev–Trinajstić information content (AvgIpc) is 2.38. The van der Waals surface area contributed by atoms with Gasteiger partial charge in [0.25, 0.3) is 6.43 Å². The molecule has 0 aliphatic carbocycles. The largest absolute Gasteiger partial charge is 0.368 e. The van der Waals surface area contributed by atoms with Crippen molar-refractivity contribution in [1.82, 2.24) is 15.3 Å². The molecule has 1 fully saturated rings. The van der Waals surface area contributed by atoms with Crippen LogP contribution in [-0.4, -0.2) is 29.6 Å². The number of anilines is 1. The molecule has 1 aliphatic rings. The van der Waals surface area contributed by atoms with Crippen LogP contribution in [0.5, 0.6) is 0 Å². The Balaban J connectivity index is 2.01. The number of rotatable bonds is 4. The van der Waals surface area contributed by atoms with Crippen LogP contribution in [0.25, 0.3) is 0 Å². The van der Waals surface area contributed by atoms with Crippen molar-refractivity contribution in [1.29, 1.82) is 0 Å². The van der Waals surface area contributed by atoms with Gasteiger partial charge in [0, 0.05) is 25.5 Å². The molecule has 2 heterocycles. The third kappa shape index (κ3) is 3.13. The normalized spacial score (nSPS) is 24.2. The maximum atomic E-state index is 12.7. The minimum absolute atomic E-state index is 0.0785. The zero-order valence-corrected chi connectivity index (χ0v) is 10.4. The van der Waals surface area contributed by atoms with E-state index in [1.54, 1.807) is 0 Å². The third-order valence-corrected chi connectivity index (χ3v) is 3.30. The van der Waals surface area contributed by atoms with Crippen molar-refractivity contribution in [2.45, 2.75) is 26.2 Å². The molecule has 1 saturated heterocycles. The predicted molar refractivity (Wildman–Crippen MR) is 65.7 cm³/mol. The van der Waals surface area contributed by atoms with Crippen LogP contribution in [0.3, 0.4) is 0 Å². The lowest BCUT2D eigenvalue weighted by Gasteiger charge is -2.34. The quantitative estimate of drug-likeness (QED) is 0.867. The first-order valence-corrected chi connectivity index (χ1v) is 6.14. The first-order valence-electron chi connectivity index (χ1n) is 6.14. The molecule has 1 aromatic rings. The Morgan fingerprint density at radius 2 is 2.22 bits per heavy atom. The van der Waals surface area contributed by atoms with Crippen molar-refractivity contribution in [3.8, 4) is 0 Å². The molecule has 1 atom stereocenters. The molecule has 0 radical (unpaired) electrons. The highest BCUT2D eigenvalue weighted by Gasteiger charge is 2.27. The first-order chi connectivity index (χ1) is 8.61. The maximum absolute atomic E-state index is 12.7. The average molecular weight is 256 g/mol. The Labute approximate surface area is 105 Å². The molecule has 0 aromatic carbocycles. The Bertz CT molecular complexity index is 391. The van der Waals surface area contributed by atoms with Crippen LogP contribution in [0.2, 0.25) is 0 Å². The van der Waals surface area contributed by atoms with E-state index in [4.69, 9.17) is 0 Å². The van der Waals surface area contributed by atoms with Crippen LogP contribution in [-0.2, 0) is 0 Å². The van der Waals surface area contributed by atoms with Gasteiger partial charge in [-0.1, -0.05) is 6.92 Å². The highest BCUT2D eigenvalue weighted by atomic mass is 19.3. The fourth-order valence-electron chi connectivity index (χ4n) is 2.21. The minimum atomic E-state index is -2.60. The number of nitrogens with one attached hydrogen (secondary N) is 2. The second-order valence-corrected chi connectivity index (χ2v) is 5.04. The van der Waals surface area contributed by atoms with Crippen molar-refractivity contribution in [3.05, 3.63) is 18.1 Å². The summed E-state index contributed by atoms with van der Waals surface area (Å²) in [6.45, 7) is 4.69. The highest BCUT2D eigenvalue weighted by molar-refractivity contribution is 5.40. The summed E-state index contributed by atoms with van der Waals surface area (Å²) in [6, 6.07) is 0. The van der Waals surface area contributed by atoms with Crippen molar-refractivity contribution < 1.29 is 8.78 Å². The van der Waals surface area contributed by atoms with Crippen LogP contribution in [0, 0.1) is 5.41 Å². The number of halogens is 2. The van der Waals surface area contributed by atoms with Gasteiger partial charge in [0.15, 0.2) is 5.82 Å². The third-order valence-electron chi connectivity index (χ3n) is 3.30. The van der Waals surface area contributed by atoms with Crippen LogP contribution >= 0.6 is 0 Å². The summed E-state index contributed by atoms with van der Waals surface area (Å²) in [5.74, 6) is 0.194. The summed E-state index contributed by atoms with van der Waals surface area (Å²) in [5.41, 5.74) is -0.195. The fraction of sp³-hybridized carbons (Fsp3) is 0.667. The number of nitrogens with zero attached hydrogens (tertiary/aromatic N) is 2. The van der Waals surface area contributed by atoms with Crippen LogP contribution in [0.4, 0.5) is 14.6 Å². The molecule has 100 valence electrons. The van der Waals surface area contributed by atoms with Crippen LogP contribution < -0.4 is 10.6 Å². The summed E-state index contributed by atoms with van der Waals surface area (Å²) in [5, 5.41) is 6.34. The van der Waals surface area contributed by atoms with Crippen molar-refractivity contribution in [2.75, 3.05) is 25.0 Å². The Morgan fingerprint density at radius 3 is 2.89 bits per heavy atom. The molecular weight excluding hydrogens is 238 g/mol. The van der Waals surface area contributed by atoms with Gasteiger partial charge >= 0.3 is 0 Å². The highest BCUT2D eigenvalue weighted by Crippen LogP contribution is 2.27. The van der Waals surface area contributed by atoms with Crippen molar-refractivity contribution >= 4 is 5.82 Å². The number of hydrogen-bond acceptors (Lipinski definition) is 4. The SMILES string of the molecule is CC1(CNc2nccnc2C(F)F)CCCNC1. The molecule has 1 aromatic heterocycles. The summed E-state index contributed by atoms with van der Waals surface area (Å²) < 4.78 is 25.5. The van der Waals surface area contributed by atoms with Gasteiger partial charge in [-0.15, -0.1) is 0 Å². The standard InChI is InChI=1S/C12H18F2N4/c1-12(3-2-4-15-7-12)8-18-11-9(10(13)14)16-5-6-17-11/h5-6,10,15H,2-4,7-8H2,1H3,(H,17,18). The van der Waals surface area contributed by atoms with Gasteiger partial charge in [0.1, 0.15) is 5.69 Å². The van der Waals surface area contributed by atoms with E-state index >= 15 is 0 Å². The minimum Gasteiger partial charge on any atom is -0.368 e. The van der Waals surface area contributed by atoms with Gasteiger partial charge in [-0.3, -0.25) is 0 Å². The van der Waals surface area contributed by atoms with E-state index in [9.17, 15) is 8.78 Å². The van der Waals surface area contributed by atoms with Gasteiger partial charge < -0.3 is 10.6 Å². The molecule has 6 heteroatoms. The fourth-order valence-corrected chi connectivity index (χ4v) is 2.21. The Hall–Kier alpha value is -1.30. The molecule has 2 rings (SSSR count). The van der Waals surface area contributed by atoms with Gasteiger partial charge in [-0.2, -0.15) is 0 Å². The maximum Gasteiger partial charge on any atom is 0.283 e. The summed E-state index contributed by atoms with van der Waals surface area (Å²) in [4.78, 5) is 7.62. The van der Waals surface area contributed by atoms with Gasteiger partial charge in [0.05, 0.1) is 0 Å². The predicted octanol–water partition coefficient (Wildman–Crippen LogP) is 2.22. The molecule has 4 nitrogen and oxygen atoms in total. The van der Waals surface area contributed by atoms with Gasteiger partial charge in [0.2, 0.25) is 0 Å². The summed E-state index contributed by atoms with van der Waals surface area (Å²) in [7, 11) is 0. The number of piperidine rings is 1. The van der Waals surface area contributed by atoms with E-state index in [2.05, 4.69) is 27.5 Å². The van der Waals surface area contributed by atoms with Gasteiger partial charge in [-0.05, 0) is 24.8 Å². The van der Waals surface area contributed by atoms with E-state index < -0.39 is 6.43 Å². The van der Waals surface area contributed by atoms with E-state index in [0.29, 0.717) is 6.54 Å². The van der Waals surface area contributed by atoms with Gasteiger partial charge in [-0.25, -0.2) is 18.7 Å². The Kier molecular flexibility index (Phi) is 4.06.